The highest BCUT2D eigenvalue weighted by molar-refractivity contribution is 7.91. The van der Waals surface area contributed by atoms with Gasteiger partial charge in [-0.05, 0) is 25.5 Å². The fourth-order valence-electron chi connectivity index (χ4n) is 3.13. The van der Waals surface area contributed by atoms with Gasteiger partial charge < -0.3 is 4.90 Å². The van der Waals surface area contributed by atoms with Gasteiger partial charge in [0.25, 0.3) is 5.91 Å². The van der Waals surface area contributed by atoms with Gasteiger partial charge in [0.2, 0.25) is 0 Å². The van der Waals surface area contributed by atoms with Crippen molar-refractivity contribution in [2.45, 2.75) is 19.4 Å². The zero-order chi connectivity index (χ0) is 15.7. The van der Waals surface area contributed by atoms with E-state index < -0.39 is 9.84 Å². The number of nitrogens with zero attached hydrogens (tertiary/aromatic N) is 3. The molecule has 0 N–H and O–H groups in total. The largest absolute Gasteiger partial charge is 0.336 e. The molecule has 7 heteroatoms. The van der Waals surface area contributed by atoms with E-state index in [0.717, 1.165) is 25.2 Å². The van der Waals surface area contributed by atoms with Crippen molar-refractivity contribution in [3.8, 4) is 0 Å². The molecule has 2 aliphatic rings. The van der Waals surface area contributed by atoms with Gasteiger partial charge in [0, 0.05) is 44.1 Å². The molecule has 0 aromatic carbocycles. The predicted molar refractivity (Wildman–Crippen MR) is 83.5 cm³/mol. The third-order valence-corrected chi connectivity index (χ3v) is 6.23. The van der Waals surface area contributed by atoms with Crippen molar-refractivity contribution >= 4 is 15.7 Å². The van der Waals surface area contributed by atoms with E-state index in [0.29, 0.717) is 24.4 Å². The van der Waals surface area contributed by atoms with Crippen molar-refractivity contribution in [2.24, 2.45) is 0 Å². The van der Waals surface area contributed by atoms with Gasteiger partial charge in [-0.2, -0.15) is 0 Å². The van der Waals surface area contributed by atoms with Crippen LogP contribution in [0.5, 0.6) is 0 Å². The quantitative estimate of drug-likeness (QED) is 0.785. The molecule has 22 heavy (non-hydrogen) atoms. The summed E-state index contributed by atoms with van der Waals surface area (Å²) in [6, 6.07) is 3.77. The van der Waals surface area contributed by atoms with Crippen molar-refractivity contribution in [2.75, 3.05) is 37.7 Å². The number of amides is 1. The third kappa shape index (κ3) is 3.30. The van der Waals surface area contributed by atoms with E-state index in [9.17, 15) is 13.2 Å². The van der Waals surface area contributed by atoms with Gasteiger partial charge in [-0.1, -0.05) is 0 Å². The van der Waals surface area contributed by atoms with Gasteiger partial charge >= 0.3 is 0 Å². The lowest BCUT2D eigenvalue weighted by Crippen LogP contribution is -2.52. The summed E-state index contributed by atoms with van der Waals surface area (Å²) in [5, 5.41) is 0. The smallest absolute Gasteiger partial charge is 0.255 e. The fourth-order valence-corrected chi connectivity index (χ4v) is 4.89. The maximum absolute atomic E-state index is 12.4. The molecule has 0 spiro atoms. The molecule has 1 aromatic heterocycles. The van der Waals surface area contributed by atoms with Crippen LogP contribution in [0.3, 0.4) is 0 Å². The number of pyridine rings is 1. The highest BCUT2D eigenvalue weighted by atomic mass is 32.2. The first-order valence-electron chi connectivity index (χ1n) is 7.61. The van der Waals surface area contributed by atoms with Gasteiger partial charge in [-0.3, -0.25) is 14.7 Å². The Morgan fingerprint density at radius 1 is 1.23 bits per heavy atom. The normalized spacial score (nSPS) is 25.3. The fraction of sp³-hybridized carbons (Fsp3) is 0.600. The molecule has 120 valence electrons. The second-order valence-electron chi connectivity index (χ2n) is 6.07. The number of carbonyl (C=O) groups is 1. The van der Waals surface area contributed by atoms with Crippen LogP contribution in [0.4, 0.5) is 0 Å². The molecular weight excluding hydrogens is 302 g/mol. The van der Waals surface area contributed by atoms with Crippen LogP contribution in [0.15, 0.2) is 18.3 Å². The maximum Gasteiger partial charge on any atom is 0.255 e. The number of carbonyl (C=O) groups excluding carboxylic acids is 1. The molecular formula is C15H21N3O3S. The van der Waals surface area contributed by atoms with Crippen molar-refractivity contribution in [3.63, 3.8) is 0 Å². The van der Waals surface area contributed by atoms with Crippen LogP contribution in [0.2, 0.25) is 0 Å². The van der Waals surface area contributed by atoms with Gasteiger partial charge in [0.05, 0.1) is 17.1 Å². The first-order chi connectivity index (χ1) is 10.4. The summed E-state index contributed by atoms with van der Waals surface area (Å²) < 4.78 is 23.1. The van der Waals surface area contributed by atoms with Gasteiger partial charge in [0.1, 0.15) is 0 Å². The summed E-state index contributed by atoms with van der Waals surface area (Å²) in [6.07, 6.45) is 2.34. The first-order valence-corrected chi connectivity index (χ1v) is 9.43. The summed E-state index contributed by atoms with van der Waals surface area (Å²) in [7, 11) is -2.85. The van der Waals surface area contributed by atoms with E-state index >= 15 is 0 Å². The molecule has 0 bridgehead atoms. The standard InChI is InChI=1S/C15H21N3O3S/c1-12-2-3-13(10-16-12)15(19)18-7-5-17(6-8-18)14-4-9-22(20,21)11-14/h2-3,10,14H,4-9,11H2,1H3/t14-/m0/s1. The molecule has 2 fully saturated rings. The zero-order valence-corrected chi connectivity index (χ0v) is 13.6. The Bertz CT molecular complexity index is 649. The van der Waals surface area contributed by atoms with E-state index in [1.54, 1.807) is 12.3 Å². The third-order valence-electron chi connectivity index (χ3n) is 4.48. The predicted octanol–water partition coefficient (Wildman–Crippen LogP) is 0.335. The Morgan fingerprint density at radius 2 is 1.95 bits per heavy atom. The zero-order valence-electron chi connectivity index (χ0n) is 12.7. The Morgan fingerprint density at radius 3 is 2.50 bits per heavy atom. The Hall–Kier alpha value is -1.47. The van der Waals surface area contributed by atoms with E-state index in [2.05, 4.69) is 9.88 Å². The number of rotatable bonds is 2. The minimum absolute atomic E-state index is 0.00573. The number of sulfone groups is 1. The lowest BCUT2D eigenvalue weighted by atomic mass is 10.1. The second-order valence-corrected chi connectivity index (χ2v) is 8.30. The summed E-state index contributed by atoms with van der Waals surface area (Å²) >= 11 is 0. The lowest BCUT2D eigenvalue weighted by Gasteiger charge is -2.37. The molecule has 0 aliphatic carbocycles. The Balaban J connectivity index is 1.57. The molecule has 3 rings (SSSR count). The van der Waals surface area contributed by atoms with Crippen LogP contribution in [-0.2, 0) is 9.84 Å². The van der Waals surface area contributed by atoms with Crippen LogP contribution in [0.1, 0.15) is 22.5 Å². The SMILES string of the molecule is Cc1ccc(C(=O)N2CCN([C@H]3CCS(=O)(=O)C3)CC2)cn1. The molecule has 0 saturated carbocycles. The van der Waals surface area contributed by atoms with E-state index in [-0.39, 0.29) is 17.7 Å². The summed E-state index contributed by atoms with van der Waals surface area (Å²) in [4.78, 5) is 20.6. The molecule has 1 amide bonds. The minimum Gasteiger partial charge on any atom is -0.336 e. The Labute approximate surface area is 131 Å². The molecule has 2 aliphatic heterocycles. The molecule has 1 aromatic rings. The van der Waals surface area contributed by atoms with Crippen LogP contribution in [-0.4, -0.2) is 72.8 Å². The average Bonchev–Trinajstić information content (AvgIpc) is 2.88. The van der Waals surface area contributed by atoms with Crippen molar-refractivity contribution in [1.29, 1.82) is 0 Å². The van der Waals surface area contributed by atoms with E-state index in [1.807, 2.05) is 17.9 Å². The lowest BCUT2D eigenvalue weighted by molar-refractivity contribution is 0.0587. The maximum atomic E-state index is 12.4. The molecule has 1 atom stereocenters. The summed E-state index contributed by atoms with van der Waals surface area (Å²) in [5.41, 5.74) is 1.51. The van der Waals surface area contributed by atoms with E-state index in [4.69, 9.17) is 0 Å². The van der Waals surface area contributed by atoms with Crippen LogP contribution < -0.4 is 0 Å². The molecule has 6 nitrogen and oxygen atoms in total. The van der Waals surface area contributed by atoms with Crippen molar-refractivity contribution in [3.05, 3.63) is 29.6 Å². The first kappa shape index (κ1) is 15.4. The number of aryl methyl sites for hydroxylation is 1. The van der Waals surface area contributed by atoms with E-state index in [1.165, 1.54) is 0 Å². The topological polar surface area (TPSA) is 70.6 Å². The van der Waals surface area contributed by atoms with Gasteiger partial charge in [0.15, 0.2) is 9.84 Å². The molecule has 0 unspecified atom stereocenters. The van der Waals surface area contributed by atoms with Crippen LogP contribution in [0, 0.1) is 6.92 Å². The highest BCUT2D eigenvalue weighted by Crippen LogP contribution is 2.19. The molecule has 2 saturated heterocycles. The molecule has 0 radical (unpaired) electrons. The second kappa shape index (κ2) is 5.96. The van der Waals surface area contributed by atoms with Crippen molar-refractivity contribution in [1.82, 2.24) is 14.8 Å². The van der Waals surface area contributed by atoms with Crippen LogP contribution >= 0.6 is 0 Å². The van der Waals surface area contributed by atoms with Crippen molar-refractivity contribution < 1.29 is 13.2 Å². The molecule has 3 heterocycles. The monoisotopic (exact) mass is 323 g/mol. The number of aromatic nitrogens is 1. The average molecular weight is 323 g/mol. The summed E-state index contributed by atoms with van der Waals surface area (Å²) in [6.45, 7) is 4.66. The van der Waals surface area contributed by atoms with Gasteiger partial charge in [-0.15, -0.1) is 0 Å². The number of piperazine rings is 1. The van der Waals surface area contributed by atoms with Gasteiger partial charge in [-0.25, -0.2) is 8.42 Å². The van der Waals surface area contributed by atoms with Crippen LogP contribution in [0.25, 0.3) is 0 Å². The summed E-state index contributed by atoms with van der Waals surface area (Å²) in [5.74, 6) is 0.570. The minimum atomic E-state index is -2.85. The number of hydrogen-bond acceptors (Lipinski definition) is 5. The highest BCUT2D eigenvalue weighted by Gasteiger charge is 2.34. The Kier molecular flexibility index (Phi) is 4.18. The number of hydrogen-bond donors (Lipinski definition) is 0.